The number of rotatable bonds is 5. The highest BCUT2D eigenvalue weighted by molar-refractivity contribution is 7.89. The van der Waals surface area contributed by atoms with Crippen LogP contribution in [0, 0.1) is 5.92 Å². The highest BCUT2D eigenvalue weighted by atomic mass is 32.2. The standard InChI is InChI=1S/C20H29N3O5S/c1-28-20(25)22-17-9-11-18(12-10-17)29(26,27)23-13-5-6-15(14-23)19(24)21-16-7-3-2-4-8-16/h9-12,15-16H,2-8,13-14H2,1H3,(H,21,24)(H,22,25)/t15-/m1/s1. The minimum atomic E-state index is -3.70. The Balaban J connectivity index is 1.63. The van der Waals surface area contributed by atoms with E-state index in [0.29, 0.717) is 25.1 Å². The van der Waals surface area contributed by atoms with Crippen molar-refractivity contribution in [3.05, 3.63) is 24.3 Å². The number of methoxy groups -OCH3 is 1. The summed E-state index contributed by atoms with van der Waals surface area (Å²) >= 11 is 0. The first-order valence-corrected chi connectivity index (χ1v) is 11.6. The third kappa shape index (κ3) is 5.48. The van der Waals surface area contributed by atoms with Gasteiger partial charge in [-0.25, -0.2) is 13.2 Å². The predicted molar refractivity (Wildman–Crippen MR) is 109 cm³/mol. The molecule has 1 saturated heterocycles. The quantitative estimate of drug-likeness (QED) is 0.758. The number of piperidine rings is 1. The lowest BCUT2D eigenvalue weighted by molar-refractivity contribution is -0.127. The lowest BCUT2D eigenvalue weighted by Crippen LogP contribution is -2.47. The van der Waals surface area contributed by atoms with E-state index in [1.165, 1.54) is 42.1 Å². The van der Waals surface area contributed by atoms with E-state index in [2.05, 4.69) is 15.4 Å². The van der Waals surface area contributed by atoms with Crippen molar-refractivity contribution in [3.63, 3.8) is 0 Å². The van der Waals surface area contributed by atoms with Gasteiger partial charge in [0.25, 0.3) is 0 Å². The van der Waals surface area contributed by atoms with E-state index in [1.807, 2.05) is 0 Å². The summed E-state index contributed by atoms with van der Waals surface area (Å²) in [4.78, 5) is 24.1. The number of benzene rings is 1. The third-order valence-electron chi connectivity index (χ3n) is 5.63. The number of sulfonamides is 1. The molecule has 2 N–H and O–H groups in total. The first kappa shape index (κ1) is 21.6. The minimum Gasteiger partial charge on any atom is -0.453 e. The van der Waals surface area contributed by atoms with Crippen LogP contribution in [0.1, 0.15) is 44.9 Å². The lowest BCUT2D eigenvalue weighted by atomic mass is 9.93. The normalized spacial score (nSPS) is 21.3. The zero-order valence-electron chi connectivity index (χ0n) is 16.7. The monoisotopic (exact) mass is 423 g/mol. The molecule has 1 aromatic carbocycles. The summed E-state index contributed by atoms with van der Waals surface area (Å²) in [5, 5.41) is 5.61. The molecule has 0 radical (unpaired) electrons. The Morgan fingerprint density at radius 2 is 1.72 bits per heavy atom. The molecule has 0 bridgehead atoms. The molecular formula is C20H29N3O5S. The molecule has 1 heterocycles. The Morgan fingerprint density at radius 1 is 1.03 bits per heavy atom. The number of amides is 2. The van der Waals surface area contributed by atoms with Crippen LogP contribution in [0.15, 0.2) is 29.2 Å². The maximum Gasteiger partial charge on any atom is 0.411 e. The molecule has 29 heavy (non-hydrogen) atoms. The summed E-state index contributed by atoms with van der Waals surface area (Å²) < 4.78 is 31.9. The van der Waals surface area contributed by atoms with Gasteiger partial charge in [0.1, 0.15) is 0 Å². The van der Waals surface area contributed by atoms with Gasteiger partial charge in [-0.15, -0.1) is 0 Å². The van der Waals surface area contributed by atoms with Gasteiger partial charge in [-0.3, -0.25) is 10.1 Å². The second-order valence-electron chi connectivity index (χ2n) is 7.69. The molecule has 0 spiro atoms. The van der Waals surface area contributed by atoms with Crippen LogP contribution in [0.2, 0.25) is 0 Å². The average Bonchev–Trinajstić information content (AvgIpc) is 2.75. The van der Waals surface area contributed by atoms with Crippen molar-refractivity contribution >= 4 is 27.7 Å². The summed E-state index contributed by atoms with van der Waals surface area (Å²) in [6.45, 7) is 0.598. The fourth-order valence-electron chi connectivity index (χ4n) is 3.97. The predicted octanol–water partition coefficient (Wildman–Crippen LogP) is 2.71. The summed E-state index contributed by atoms with van der Waals surface area (Å²) in [5.41, 5.74) is 0.444. The van der Waals surface area contributed by atoms with Gasteiger partial charge in [0, 0.05) is 24.8 Å². The summed E-state index contributed by atoms with van der Waals surface area (Å²) in [7, 11) is -2.45. The van der Waals surface area contributed by atoms with E-state index in [0.717, 1.165) is 25.7 Å². The molecule has 3 rings (SSSR count). The second-order valence-corrected chi connectivity index (χ2v) is 9.62. The average molecular weight is 424 g/mol. The van der Waals surface area contributed by atoms with E-state index < -0.39 is 16.1 Å². The molecule has 160 valence electrons. The zero-order chi connectivity index (χ0) is 20.9. The van der Waals surface area contributed by atoms with Gasteiger partial charge in [-0.1, -0.05) is 19.3 Å². The van der Waals surface area contributed by atoms with Crippen molar-refractivity contribution in [1.82, 2.24) is 9.62 Å². The largest absolute Gasteiger partial charge is 0.453 e. The van der Waals surface area contributed by atoms with Gasteiger partial charge in [0.05, 0.1) is 17.9 Å². The number of hydrogen-bond acceptors (Lipinski definition) is 5. The fraction of sp³-hybridized carbons (Fsp3) is 0.600. The van der Waals surface area contributed by atoms with Gasteiger partial charge in [-0.05, 0) is 49.9 Å². The highest BCUT2D eigenvalue weighted by Gasteiger charge is 2.34. The Labute approximate surface area is 172 Å². The number of carbonyl (C=O) groups excluding carboxylic acids is 2. The maximum atomic E-state index is 13.0. The maximum absolute atomic E-state index is 13.0. The van der Waals surface area contributed by atoms with Crippen LogP contribution in [0.4, 0.5) is 10.5 Å². The summed E-state index contributed by atoms with van der Waals surface area (Å²) in [5.74, 6) is -0.352. The topological polar surface area (TPSA) is 105 Å². The molecule has 1 aliphatic heterocycles. The van der Waals surface area contributed by atoms with Gasteiger partial charge in [-0.2, -0.15) is 4.31 Å². The number of hydrogen-bond donors (Lipinski definition) is 2. The molecule has 0 aromatic heterocycles. The SMILES string of the molecule is COC(=O)Nc1ccc(S(=O)(=O)N2CCC[C@@H](C(=O)NC3CCCCC3)C2)cc1. The molecule has 2 amide bonds. The van der Waals surface area contributed by atoms with Crippen molar-refractivity contribution in [2.45, 2.75) is 55.9 Å². The van der Waals surface area contributed by atoms with E-state index in [1.54, 1.807) is 0 Å². The van der Waals surface area contributed by atoms with Crippen LogP contribution >= 0.6 is 0 Å². The highest BCUT2D eigenvalue weighted by Crippen LogP contribution is 2.26. The summed E-state index contributed by atoms with van der Waals surface area (Å²) in [6, 6.07) is 6.15. The first-order chi connectivity index (χ1) is 13.9. The molecule has 1 saturated carbocycles. The van der Waals surface area contributed by atoms with E-state index in [9.17, 15) is 18.0 Å². The lowest BCUT2D eigenvalue weighted by Gasteiger charge is -2.32. The molecule has 1 atom stereocenters. The van der Waals surface area contributed by atoms with Crippen molar-refractivity contribution < 1.29 is 22.7 Å². The Kier molecular flexibility index (Phi) is 7.13. The first-order valence-electron chi connectivity index (χ1n) is 10.2. The van der Waals surface area contributed by atoms with Crippen molar-refractivity contribution in [2.24, 2.45) is 5.92 Å². The van der Waals surface area contributed by atoms with E-state index in [-0.39, 0.29) is 29.3 Å². The van der Waals surface area contributed by atoms with Crippen LogP contribution in [-0.4, -0.2) is 51.0 Å². The van der Waals surface area contributed by atoms with Crippen LogP contribution in [0.5, 0.6) is 0 Å². The molecule has 9 heteroatoms. The Bertz CT molecular complexity index is 819. The number of nitrogens with zero attached hydrogens (tertiary/aromatic N) is 1. The van der Waals surface area contributed by atoms with Crippen LogP contribution in [0.25, 0.3) is 0 Å². The Morgan fingerprint density at radius 3 is 2.38 bits per heavy atom. The molecule has 2 aliphatic rings. The molecule has 0 unspecified atom stereocenters. The minimum absolute atomic E-state index is 0.0329. The fourth-order valence-corrected chi connectivity index (χ4v) is 5.49. The van der Waals surface area contributed by atoms with Crippen LogP contribution < -0.4 is 10.6 Å². The van der Waals surface area contributed by atoms with Crippen LogP contribution in [-0.2, 0) is 19.6 Å². The molecule has 1 aromatic rings. The van der Waals surface area contributed by atoms with Crippen molar-refractivity contribution in [1.29, 1.82) is 0 Å². The van der Waals surface area contributed by atoms with Gasteiger partial charge in [0.2, 0.25) is 15.9 Å². The van der Waals surface area contributed by atoms with Crippen LogP contribution in [0.3, 0.4) is 0 Å². The van der Waals surface area contributed by atoms with Gasteiger partial charge >= 0.3 is 6.09 Å². The number of carbonyl (C=O) groups is 2. The zero-order valence-corrected chi connectivity index (χ0v) is 17.5. The third-order valence-corrected chi connectivity index (χ3v) is 7.51. The van der Waals surface area contributed by atoms with E-state index >= 15 is 0 Å². The number of nitrogens with one attached hydrogen (secondary N) is 2. The number of anilines is 1. The molecular weight excluding hydrogens is 394 g/mol. The molecule has 2 fully saturated rings. The molecule has 8 nitrogen and oxygen atoms in total. The second kappa shape index (κ2) is 9.58. The van der Waals surface area contributed by atoms with Gasteiger partial charge < -0.3 is 10.1 Å². The Hall–Kier alpha value is -2.13. The number of ether oxygens (including phenoxy) is 1. The van der Waals surface area contributed by atoms with Gasteiger partial charge in [0.15, 0.2) is 0 Å². The summed E-state index contributed by atoms with van der Waals surface area (Å²) in [6.07, 6.45) is 6.24. The molecule has 1 aliphatic carbocycles. The van der Waals surface area contributed by atoms with E-state index in [4.69, 9.17) is 0 Å². The van der Waals surface area contributed by atoms with Crippen molar-refractivity contribution in [3.8, 4) is 0 Å². The smallest absolute Gasteiger partial charge is 0.411 e. The van der Waals surface area contributed by atoms with Crippen molar-refractivity contribution in [2.75, 3.05) is 25.5 Å².